The lowest BCUT2D eigenvalue weighted by Crippen LogP contribution is -2.39. The molecule has 0 bridgehead atoms. The fraction of sp³-hybridized carbons (Fsp3) is 0.684. The predicted molar refractivity (Wildman–Crippen MR) is 87.6 cm³/mol. The zero-order chi connectivity index (χ0) is 14.7. The van der Waals surface area contributed by atoms with Gasteiger partial charge in [-0.25, -0.2) is 0 Å². The van der Waals surface area contributed by atoms with Crippen molar-refractivity contribution in [2.45, 2.75) is 64.0 Å². The minimum atomic E-state index is 0.408. The Kier molecular flexibility index (Phi) is 4.84. The van der Waals surface area contributed by atoms with Gasteiger partial charge in [-0.1, -0.05) is 37.8 Å². The molecule has 0 aliphatic heterocycles. The summed E-state index contributed by atoms with van der Waals surface area (Å²) >= 11 is 0. The van der Waals surface area contributed by atoms with Crippen molar-refractivity contribution in [2.24, 2.45) is 11.8 Å². The zero-order valence-corrected chi connectivity index (χ0v) is 13.5. The van der Waals surface area contributed by atoms with Gasteiger partial charge in [0.05, 0.1) is 7.11 Å². The van der Waals surface area contributed by atoms with E-state index in [1.54, 1.807) is 7.11 Å². The molecule has 116 valence electrons. The summed E-state index contributed by atoms with van der Waals surface area (Å²) in [5, 5.41) is 3.86. The third kappa shape index (κ3) is 3.60. The molecule has 0 aromatic heterocycles. The van der Waals surface area contributed by atoms with Crippen LogP contribution in [0.3, 0.4) is 0 Å². The van der Waals surface area contributed by atoms with Crippen molar-refractivity contribution >= 4 is 0 Å². The average Bonchev–Trinajstić information content (AvgIpc) is 2.54. The molecule has 2 aliphatic carbocycles. The number of methoxy groups -OCH3 is 1. The predicted octanol–water partition coefficient (Wildman–Crippen LogP) is 4.70. The highest BCUT2D eigenvalue weighted by Gasteiger charge is 2.32. The Morgan fingerprint density at radius 3 is 2.71 bits per heavy atom. The topological polar surface area (TPSA) is 21.3 Å². The molecular weight excluding hydrogens is 258 g/mol. The van der Waals surface area contributed by atoms with Crippen LogP contribution in [0.1, 0.15) is 63.5 Å². The molecule has 2 aliphatic rings. The third-order valence-electron chi connectivity index (χ3n) is 5.62. The standard InChI is InChI=1S/C19H29NO/c1-14(16-8-5-9-19(13-16)21-2)20-18-11-10-15-6-3-4-7-17(15)12-18/h5,8-9,13-15,17-18,20H,3-4,6-7,10-12H2,1-2H3/t14-,15?,17?,18?/m0/s1. The van der Waals surface area contributed by atoms with E-state index in [1.807, 2.05) is 6.07 Å². The Morgan fingerprint density at radius 1 is 1.10 bits per heavy atom. The maximum Gasteiger partial charge on any atom is 0.119 e. The van der Waals surface area contributed by atoms with E-state index in [1.165, 1.54) is 50.5 Å². The van der Waals surface area contributed by atoms with Gasteiger partial charge in [0.15, 0.2) is 0 Å². The normalized spacial score (nSPS) is 30.5. The number of hydrogen-bond acceptors (Lipinski definition) is 2. The molecule has 2 fully saturated rings. The Labute approximate surface area is 129 Å². The Balaban J connectivity index is 1.58. The second-order valence-corrected chi connectivity index (χ2v) is 6.98. The lowest BCUT2D eigenvalue weighted by atomic mass is 9.69. The summed E-state index contributed by atoms with van der Waals surface area (Å²) < 4.78 is 5.34. The van der Waals surface area contributed by atoms with Crippen molar-refractivity contribution in [3.63, 3.8) is 0 Å². The summed E-state index contributed by atoms with van der Waals surface area (Å²) in [6, 6.07) is 9.57. The molecule has 2 saturated carbocycles. The smallest absolute Gasteiger partial charge is 0.119 e. The van der Waals surface area contributed by atoms with Crippen LogP contribution in [-0.4, -0.2) is 13.2 Å². The SMILES string of the molecule is COc1cccc([C@H](C)NC2CCC3CCCCC3C2)c1. The van der Waals surface area contributed by atoms with Gasteiger partial charge in [-0.2, -0.15) is 0 Å². The summed E-state index contributed by atoms with van der Waals surface area (Å²) in [4.78, 5) is 0. The van der Waals surface area contributed by atoms with E-state index in [0.717, 1.165) is 17.6 Å². The largest absolute Gasteiger partial charge is 0.497 e. The quantitative estimate of drug-likeness (QED) is 0.866. The maximum atomic E-state index is 5.34. The fourth-order valence-corrected chi connectivity index (χ4v) is 4.39. The minimum Gasteiger partial charge on any atom is -0.497 e. The number of rotatable bonds is 4. The monoisotopic (exact) mass is 287 g/mol. The highest BCUT2D eigenvalue weighted by molar-refractivity contribution is 5.30. The summed E-state index contributed by atoms with van der Waals surface area (Å²) in [6.45, 7) is 2.28. The highest BCUT2D eigenvalue weighted by atomic mass is 16.5. The van der Waals surface area contributed by atoms with Crippen molar-refractivity contribution < 1.29 is 4.74 Å². The van der Waals surface area contributed by atoms with Crippen LogP contribution in [0.2, 0.25) is 0 Å². The summed E-state index contributed by atoms with van der Waals surface area (Å²) in [5.74, 6) is 2.98. The van der Waals surface area contributed by atoms with Crippen molar-refractivity contribution in [1.82, 2.24) is 5.32 Å². The number of fused-ring (bicyclic) bond motifs is 1. The summed E-state index contributed by atoms with van der Waals surface area (Å²) in [5.41, 5.74) is 1.33. The Hall–Kier alpha value is -1.02. The molecule has 4 atom stereocenters. The van der Waals surface area contributed by atoms with Crippen molar-refractivity contribution in [1.29, 1.82) is 0 Å². The van der Waals surface area contributed by atoms with E-state index in [9.17, 15) is 0 Å². The number of hydrogen-bond donors (Lipinski definition) is 1. The molecule has 2 heteroatoms. The molecule has 2 nitrogen and oxygen atoms in total. The van der Waals surface area contributed by atoms with Gasteiger partial charge >= 0.3 is 0 Å². The van der Waals surface area contributed by atoms with E-state index < -0.39 is 0 Å². The van der Waals surface area contributed by atoms with E-state index in [4.69, 9.17) is 4.74 Å². The first-order valence-electron chi connectivity index (χ1n) is 8.66. The van der Waals surface area contributed by atoms with Crippen molar-refractivity contribution in [2.75, 3.05) is 7.11 Å². The van der Waals surface area contributed by atoms with Crippen LogP contribution in [0, 0.1) is 11.8 Å². The Bertz CT molecular complexity index is 459. The first kappa shape index (κ1) is 14.9. The summed E-state index contributed by atoms with van der Waals surface area (Å²) in [6.07, 6.45) is 10.1. The maximum absolute atomic E-state index is 5.34. The van der Waals surface area contributed by atoms with Crippen LogP contribution in [0.25, 0.3) is 0 Å². The van der Waals surface area contributed by atoms with Crippen LogP contribution < -0.4 is 10.1 Å². The lowest BCUT2D eigenvalue weighted by Gasteiger charge is -2.40. The van der Waals surface area contributed by atoms with Crippen LogP contribution in [0.15, 0.2) is 24.3 Å². The molecule has 1 aromatic rings. The molecule has 0 heterocycles. The van der Waals surface area contributed by atoms with Gasteiger partial charge in [0, 0.05) is 12.1 Å². The van der Waals surface area contributed by atoms with Gasteiger partial charge in [-0.05, 0) is 55.7 Å². The van der Waals surface area contributed by atoms with Crippen molar-refractivity contribution in [3.05, 3.63) is 29.8 Å². The van der Waals surface area contributed by atoms with Crippen LogP contribution in [0.4, 0.5) is 0 Å². The van der Waals surface area contributed by atoms with Crippen LogP contribution >= 0.6 is 0 Å². The molecule has 3 unspecified atom stereocenters. The lowest BCUT2D eigenvalue weighted by molar-refractivity contribution is 0.139. The zero-order valence-electron chi connectivity index (χ0n) is 13.5. The van der Waals surface area contributed by atoms with E-state index in [0.29, 0.717) is 12.1 Å². The van der Waals surface area contributed by atoms with E-state index in [2.05, 4.69) is 30.4 Å². The number of ether oxygens (including phenoxy) is 1. The van der Waals surface area contributed by atoms with E-state index in [-0.39, 0.29) is 0 Å². The molecule has 0 saturated heterocycles. The highest BCUT2D eigenvalue weighted by Crippen LogP contribution is 2.40. The van der Waals surface area contributed by atoms with Crippen LogP contribution in [-0.2, 0) is 0 Å². The minimum absolute atomic E-state index is 0.408. The number of nitrogens with one attached hydrogen (secondary N) is 1. The first-order valence-corrected chi connectivity index (χ1v) is 8.66. The molecular formula is C19H29NO. The van der Waals surface area contributed by atoms with Gasteiger partial charge in [0.2, 0.25) is 0 Å². The summed E-state index contributed by atoms with van der Waals surface area (Å²) in [7, 11) is 1.74. The average molecular weight is 287 g/mol. The first-order chi connectivity index (χ1) is 10.3. The van der Waals surface area contributed by atoms with Gasteiger partial charge < -0.3 is 10.1 Å². The molecule has 1 N–H and O–H groups in total. The molecule has 3 rings (SSSR count). The molecule has 21 heavy (non-hydrogen) atoms. The number of benzene rings is 1. The van der Waals surface area contributed by atoms with Gasteiger partial charge in [0.1, 0.15) is 5.75 Å². The molecule has 0 amide bonds. The third-order valence-corrected chi connectivity index (χ3v) is 5.62. The Morgan fingerprint density at radius 2 is 1.90 bits per heavy atom. The second kappa shape index (κ2) is 6.83. The van der Waals surface area contributed by atoms with Crippen molar-refractivity contribution in [3.8, 4) is 5.75 Å². The second-order valence-electron chi connectivity index (χ2n) is 6.98. The molecule has 0 radical (unpaired) electrons. The van der Waals surface area contributed by atoms with Crippen LogP contribution in [0.5, 0.6) is 5.75 Å². The van der Waals surface area contributed by atoms with E-state index >= 15 is 0 Å². The van der Waals surface area contributed by atoms with Gasteiger partial charge in [-0.15, -0.1) is 0 Å². The molecule has 0 spiro atoms. The fourth-order valence-electron chi connectivity index (χ4n) is 4.39. The van der Waals surface area contributed by atoms with Gasteiger partial charge in [0.25, 0.3) is 0 Å². The molecule has 1 aromatic carbocycles. The van der Waals surface area contributed by atoms with Gasteiger partial charge in [-0.3, -0.25) is 0 Å².